The van der Waals surface area contributed by atoms with Gasteiger partial charge in [0.2, 0.25) is 0 Å². The van der Waals surface area contributed by atoms with Crippen molar-refractivity contribution in [2.75, 3.05) is 7.05 Å². The fourth-order valence-corrected chi connectivity index (χ4v) is 0.312. The second-order valence-electron chi connectivity index (χ2n) is 1.59. The van der Waals surface area contributed by atoms with Crippen molar-refractivity contribution in [3.63, 3.8) is 0 Å². The van der Waals surface area contributed by atoms with Gasteiger partial charge in [0, 0.05) is 0 Å². The Morgan fingerprint density at radius 1 is 1.71 bits per heavy atom. The molecule has 0 unspecified atom stereocenters. The fraction of sp³-hybridized carbons (Fsp3) is 0.667. The molecule has 1 nitrogen and oxygen atoms in total. The Bertz CT molecular complexity index is 64.6. The maximum absolute atomic E-state index is 3.84. The fourth-order valence-electron chi connectivity index (χ4n) is 0.312. The summed E-state index contributed by atoms with van der Waals surface area (Å²) in [5, 5.41) is 3.84. The van der Waals surface area contributed by atoms with E-state index in [1.165, 1.54) is 5.57 Å². The van der Waals surface area contributed by atoms with Gasteiger partial charge in [-0.3, -0.25) is 0 Å². The molecule has 42 valence electrons. The van der Waals surface area contributed by atoms with Gasteiger partial charge in [-0.15, -0.1) is 7.05 Å². The third-order valence-electron chi connectivity index (χ3n) is 0.907. The molecular formula is C6H12N-. The Labute approximate surface area is 45.4 Å². The molecule has 0 aliphatic carbocycles. The molecule has 0 bridgehead atoms. The minimum Gasteiger partial charge on any atom is -0.693 e. The summed E-state index contributed by atoms with van der Waals surface area (Å²) in [5.74, 6) is 0. The van der Waals surface area contributed by atoms with Crippen LogP contribution in [0.5, 0.6) is 0 Å². The van der Waals surface area contributed by atoms with Crippen LogP contribution in [-0.2, 0) is 0 Å². The minimum atomic E-state index is 1.11. The van der Waals surface area contributed by atoms with E-state index in [9.17, 15) is 0 Å². The van der Waals surface area contributed by atoms with Crippen molar-refractivity contribution in [2.45, 2.75) is 20.3 Å². The summed E-state index contributed by atoms with van der Waals surface area (Å²) in [6.07, 6.45) is 3.00. The zero-order valence-electron chi connectivity index (χ0n) is 5.23. The molecule has 0 amide bonds. The smallest absolute Gasteiger partial charge is 0.0366 e. The second-order valence-corrected chi connectivity index (χ2v) is 1.59. The Balaban J connectivity index is 3.29. The lowest BCUT2D eigenvalue weighted by Crippen LogP contribution is -1.67. The molecule has 0 N–H and O–H groups in total. The Hall–Kier alpha value is -0.460. The van der Waals surface area contributed by atoms with Crippen LogP contribution in [0.2, 0.25) is 0 Å². The van der Waals surface area contributed by atoms with Crippen LogP contribution in [0.4, 0.5) is 0 Å². The Morgan fingerprint density at radius 3 is 2.43 bits per heavy atom. The first kappa shape index (κ1) is 6.54. The van der Waals surface area contributed by atoms with Crippen LogP contribution in [0.25, 0.3) is 5.32 Å². The van der Waals surface area contributed by atoms with E-state index in [1.807, 2.05) is 6.20 Å². The van der Waals surface area contributed by atoms with Crippen molar-refractivity contribution in [1.29, 1.82) is 0 Å². The molecule has 0 aliphatic rings. The number of hydrogen-bond acceptors (Lipinski definition) is 0. The van der Waals surface area contributed by atoms with Gasteiger partial charge in [0.25, 0.3) is 0 Å². The zero-order chi connectivity index (χ0) is 5.70. The van der Waals surface area contributed by atoms with Crippen molar-refractivity contribution in [1.82, 2.24) is 0 Å². The molecule has 0 aromatic heterocycles. The van der Waals surface area contributed by atoms with Crippen molar-refractivity contribution in [2.24, 2.45) is 0 Å². The number of hydrogen-bond donors (Lipinski definition) is 0. The monoisotopic (exact) mass is 98.1 g/mol. The van der Waals surface area contributed by atoms with Gasteiger partial charge >= 0.3 is 0 Å². The van der Waals surface area contributed by atoms with E-state index >= 15 is 0 Å². The topological polar surface area (TPSA) is 14.1 Å². The predicted octanol–water partition coefficient (Wildman–Crippen LogP) is 2.30. The summed E-state index contributed by atoms with van der Waals surface area (Å²) in [6.45, 7) is 4.20. The largest absolute Gasteiger partial charge is 0.693 e. The number of rotatable bonds is 2. The van der Waals surface area contributed by atoms with Crippen molar-refractivity contribution < 1.29 is 0 Å². The molecule has 0 aromatic carbocycles. The van der Waals surface area contributed by atoms with Crippen LogP contribution in [-0.4, -0.2) is 7.05 Å². The predicted molar refractivity (Wildman–Crippen MR) is 33.3 cm³/mol. The average molecular weight is 98.2 g/mol. The standard InChI is InChI=1S/C6H12N/c1-4-6(2)5-7-3/h5H,4H2,1-3H3/q-1/b6-5-. The van der Waals surface area contributed by atoms with E-state index < -0.39 is 0 Å². The molecule has 0 radical (unpaired) electrons. The van der Waals surface area contributed by atoms with Crippen LogP contribution in [0, 0.1) is 0 Å². The second kappa shape index (κ2) is 3.72. The van der Waals surface area contributed by atoms with E-state index in [2.05, 4.69) is 19.2 Å². The molecule has 1 heteroatoms. The van der Waals surface area contributed by atoms with E-state index in [-0.39, 0.29) is 0 Å². The van der Waals surface area contributed by atoms with Crippen molar-refractivity contribution >= 4 is 0 Å². The highest BCUT2D eigenvalue weighted by atomic mass is 14.8. The molecule has 0 aliphatic heterocycles. The van der Waals surface area contributed by atoms with Crippen LogP contribution < -0.4 is 0 Å². The highest BCUT2D eigenvalue weighted by Gasteiger charge is 1.70. The number of nitrogens with zero attached hydrogens (tertiary/aromatic N) is 1. The molecule has 0 saturated heterocycles. The molecule has 0 heterocycles. The lowest BCUT2D eigenvalue weighted by Gasteiger charge is -2.04. The van der Waals surface area contributed by atoms with Gasteiger partial charge in [-0.05, 0) is 13.3 Å². The van der Waals surface area contributed by atoms with Crippen LogP contribution in [0.1, 0.15) is 20.3 Å². The van der Waals surface area contributed by atoms with E-state index in [1.54, 1.807) is 7.05 Å². The highest BCUT2D eigenvalue weighted by Crippen LogP contribution is 1.98. The first-order valence-electron chi connectivity index (χ1n) is 2.55. The van der Waals surface area contributed by atoms with Gasteiger partial charge in [0.05, 0.1) is 0 Å². The summed E-state index contributed by atoms with van der Waals surface area (Å²) in [5.41, 5.74) is 1.34. The molecular weight excluding hydrogens is 86.1 g/mol. The maximum Gasteiger partial charge on any atom is -0.0366 e. The maximum atomic E-state index is 3.84. The SMILES string of the molecule is CC/C(C)=C\[N-]C. The molecule has 7 heavy (non-hydrogen) atoms. The molecule has 0 saturated carbocycles. The van der Waals surface area contributed by atoms with Gasteiger partial charge in [-0.2, -0.15) is 6.20 Å². The van der Waals surface area contributed by atoms with E-state index in [4.69, 9.17) is 0 Å². The normalized spacial score (nSPS) is 11.6. The Kier molecular flexibility index (Phi) is 3.48. The first-order chi connectivity index (χ1) is 3.31. The number of allylic oxidation sites excluding steroid dienone is 1. The van der Waals surface area contributed by atoms with E-state index in [0.29, 0.717) is 0 Å². The molecule has 0 spiro atoms. The summed E-state index contributed by atoms with van der Waals surface area (Å²) < 4.78 is 0. The van der Waals surface area contributed by atoms with Gasteiger partial charge in [0.1, 0.15) is 0 Å². The van der Waals surface area contributed by atoms with Crippen LogP contribution in [0.15, 0.2) is 11.8 Å². The van der Waals surface area contributed by atoms with Crippen LogP contribution >= 0.6 is 0 Å². The molecule has 0 aromatic rings. The van der Waals surface area contributed by atoms with E-state index in [0.717, 1.165) is 6.42 Å². The quantitative estimate of drug-likeness (QED) is 0.503. The lowest BCUT2D eigenvalue weighted by molar-refractivity contribution is 1.10. The Morgan fingerprint density at radius 2 is 2.29 bits per heavy atom. The minimum absolute atomic E-state index is 1.11. The third-order valence-corrected chi connectivity index (χ3v) is 0.907. The van der Waals surface area contributed by atoms with Gasteiger partial charge in [-0.25, -0.2) is 0 Å². The summed E-state index contributed by atoms with van der Waals surface area (Å²) in [6, 6.07) is 0. The van der Waals surface area contributed by atoms with Gasteiger partial charge < -0.3 is 5.32 Å². The lowest BCUT2D eigenvalue weighted by atomic mass is 10.3. The van der Waals surface area contributed by atoms with Gasteiger partial charge in [-0.1, -0.05) is 12.5 Å². The average Bonchev–Trinajstić information content (AvgIpc) is 1.68. The zero-order valence-corrected chi connectivity index (χ0v) is 5.23. The van der Waals surface area contributed by atoms with Crippen molar-refractivity contribution in [3.8, 4) is 0 Å². The summed E-state index contributed by atoms with van der Waals surface area (Å²) in [7, 11) is 1.79. The van der Waals surface area contributed by atoms with Gasteiger partial charge in [0.15, 0.2) is 0 Å². The molecule has 0 fully saturated rings. The first-order valence-corrected chi connectivity index (χ1v) is 2.55. The van der Waals surface area contributed by atoms with Crippen LogP contribution in [0.3, 0.4) is 0 Å². The highest BCUT2D eigenvalue weighted by molar-refractivity contribution is 5.05. The molecule has 0 atom stereocenters. The summed E-state index contributed by atoms with van der Waals surface area (Å²) >= 11 is 0. The molecule has 0 rings (SSSR count). The third kappa shape index (κ3) is 3.37. The van der Waals surface area contributed by atoms with Crippen molar-refractivity contribution in [3.05, 3.63) is 17.1 Å². The summed E-state index contributed by atoms with van der Waals surface area (Å²) in [4.78, 5) is 0.